The fraction of sp³-hybridized carbons (Fsp3) is 0.130. The highest BCUT2D eigenvalue weighted by Crippen LogP contribution is 2.34. The summed E-state index contributed by atoms with van der Waals surface area (Å²) in [5.41, 5.74) is 3.62. The summed E-state index contributed by atoms with van der Waals surface area (Å²) in [5, 5.41) is 7.56. The van der Waals surface area contributed by atoms with Crippen molar-refractivity contribution in [3.63, 3.8) is 0 Å². The molecule has 0 saturated heterocycles. The van der Waals surface area contributed by atoms with Gasteiger partial charge in [-0.2, -0.15) is 0 Å². The first-order chi connectivity index (χ1) is 14.6. The highest BCUT2D eigenvalue weighted by Gasteiger charge is 2.23. The minimum absolute atomic E-state index is 0.282. The Bertz CT molecular complexity index is 1200. The number of carbonyl (C=O) groups is 1. The number of aryl methyl sites for hydroxylation is 1. The van der Waals surface area contributed by atoms with Crippen molar-refractivity contribution in [3.05, 3.63) is 72.6 Å². The Morgan fingerprint density at radius 3 is 2.60 bits per heavy atom. The Morgan fingerprint density at radius 2 is 1.90 bits per heavy atom. The van der Waals surface area contributed by atoms with E-state index in [4.69, 9.17) is 21.4 Å². The van der Waals surface area contributed by atoms with Crippen LogP contribution in [0.4, 0.5) is 11.4 Å². The van der Waals surface area contributed by atoms with E-state index in [2.05, 4.69) is 10.6 Å². The molecule has 30 heavy (non-hydrogen) atoms. The molecule has 0 amide bonds. The molecule has 0 aliphatic carbocycles. The van der Waals surface area contributed by atoms with E-state index in [1.54, 1.807) is 13.2 Å². The molecule has 2 N–H and O–H groups in total. The van der Waals surface area contributed by atoms with Crippen molar-refractivity contribution >= 4 is 45.6 Å². The zero-order chi connectivity index (χ0) is 21.1. The molecule has 0 atom stereocenters. The molecule has 2 heterocycles. The maximum Gasteiger partial charge on any atom is 0.357 e. The van der Waals surface area contributed by atoms with Gasteiger partial charge in [0.1, 0.15) is 5.76 Å². The number of hydrogen-bond acceptors (Lipinski definition) is 4. The largest absolute Gasteiger partial charge is 0.464 e. The number of anilines is 2. The number of rotatable bonds is 5. The molecule has 0 aliphatic heterocycles. The highest BCUT2D eigenvalue weighted by atomic mass is 32.1. The Kier molecular flexibility index (Phi) is 5.54. The number of thiocarbonyl (C=S) groups is 1. The third-order valence-electron chi connectivity index (χ3n) is 4.74. The van der Waals surface area contributed by atoms with Crippen molar-refractivity contribution in [3.8, 4) is 11.3 Å². The fourth-order valence-electron chi connectivity index (χ4n) is 3.40. The van der Waals surface area contributed by atoms with Gasteiger partial charge in [0.2, 0.25) is 0 Å². The van der Waals surface area contributed by atoms with Crippen LogP contribution in [0.1, 0.15) is 17.4 Å². The van der Waals surface area contributed by atoms with Crippen LogP contribution in [0.15, 0.2) is 71.3 Å². The summed E-state index contributed by atoms with van der Waals surface area (Å²) in [6.07, 6.45) is 1.63. The van der Waals surface area contributed by atoms with Crippen LogP contribution in [0.3, 0.4) is 0 Å². The van der Waals surface area contributed by atoms with Gasteiger partial charge < -0.3 is 24.4 Å². The van der Waals surface area contributed by atoms with E-state index >= 15 is 0 Å². The molecule has 0 fully saturated rings. The summed E-state index contributed by atoms with van der Waals surface area (Å²) < 4.78 is 12.6. The van der Waals surface area contributed by atoms with Crippen LogP contribution >= 0.6 is 12.2 Å². The van der Waals surface area contributed by atoms with Gasteiger partial charge in [0.25, 0.3) is 0 Å². The average Bonchev–Trinajstić information content (AvgIpc) is 3.36. The molecule has 0 unspecified atom stereocenters. The van der Waals surface area contributed by atoms with Gasteiger partial charge >= 0.3 is 5.97 Å². The van der Waals surface area contributed by atoms with Crippen molar-refractivity contribution in [2.75, 3.05) is 17.2 Å². The molecule has 2 aromatic heterocycles. The number of ether oxygens (including phenoxy) is 1. The first-order valence-electron chi connectivity index (χ1n) is 9.55. The number of benzene rings is 2. The zero-order valence-corrected chi connectivity index (χ0v) is 17.5. The molecule has 4 rings (SSSR count). The number of nitrogens with one attached hydrogen (secondary N) is 2. The van der Waals surface area contributed by atoms with Crippen molar-refractivity contribution < 1.29 is 13.9 Å². The van der Waals surface area contributed by atoms with Crippen LogP contribution in [0.25, 0.3) is 22.2 Å². The lowest BCUT2D eigenvalue weighted by Gasteiger charge is -2.12. The van der Waals surface area contributed by atoms with Crippen LogP contribution < -0.4 is 10.6 Å². The second-order valence-corrected chi connectivity index (χ2v) is 7.07. The Labute approximate surface area is 179 Å². The van der Waals surface area contributed by atoms with Gasteiger partial charge in [-0.05, 0) is 61.6 Å². The number of hydrogen-bond donors (Lipinski definition) is 2. The summed E-state index contributed by atoms with van der Waals surface area (Å²) in [6, 6.07) is 19.2. The van der Waals surface area contributed by atoms with Gasteiger partial charge in [0.15, 0.2) is 10.8 Å². The highest BCUT2D eigenvalue weighted by molar-refractivity contribution is 7.80. The second-order valence-electron chi connectivity index (χ2n) is 6.66. The predicted octanol–water partition coefficient (Wildman–Crippen LogP) is 5.42. The number of furan rings is 1. The lowest BCUT2D eigenvalue weighted by Crippen LogP contribution is -2.21. The molecule has 0 saturated carbocycles. The number of carbonyl (C=O) groups excluding carboxylic acids is 1. The van der Waals surface area contributed by atoms with Crippen LogP contribution in [-0.2, 0) is 11.8 Å². The number of para-hydroxylation sites is 1. The van der Waals surface area contributed by atoms with Gasteiger partial charge in [0.05, 0.1) is 24.1 Å². The third-order valence-corrected chi connectivity index (χ3v) is 4.95. The molecule has 0 bridgehead atoms. The van der Waals surface area contributed by atoms with Gasteiger partial charge in [-0.1, -0.05) is 18.2 Å². The quantitative estimate of drug-likeness (QED) is 0.332. The fourth-order valence-corrected chi connectivity index (χ4v) is 3.62. The van der Waals surface area contributed by atoms with Crippen molar-refractivity contribution in [2.45, 2.75) is 6.92 Å². The molecule has 0 spiro atoms. The summed E-state index contributed by atoms with van der Waals surface area (Å²) in [4.78, 5) is 12.7. The molecular weight excluding hydrogens is 398 g/mol. The molecule has 4 aromatic rings. The molecule has 6 nitrogen and oxygen atoms in total. The topological polar surface area (TPSA) is 68.4 Å². The molecule has 0 radical (unpaired) electrons. The number of aromatic nitrogens is 1. The van der Waals surface area contributed by atoms with E-state index in [1.807, 2.05) is 72.3 Å². The van der Waals surface area contributed by atoms with Gasteiger partial charge in [-0.15, -0.1) is 0 Å². The van der Waals surface area contributed by atoms with Gasteiger partial charge in [0, 0.05) is 23.7 Å². The van der Waals surface area contributed by atoms with Crippen molar-refractivity contribution in [1.29, 1.82) is 0 Å². The van der Waals surface area contributed by atoms with E-state index in [0.29, 0.717) is 16.5 Å². The summed E-state index contributed by atoms with van der Waals surface area (Å²) >= 11 is 5.51. The molecule has 152 valence electrons. The Morgan fingerprint density at radius 1 is 1.10 bits per heavy atom. The Hall–Kier alpha value is -3.58. The van der Waals surface area contributed by atoms with Crippen LogP contribution in [0.2, 0.25) is 0 Å². The second kappa shape index (κ2) is 8.42. The summed E-state index contributed by atoms with van der Waals surface area (Å²) in [5.74, 6) is 0.329. The monoisotopic (exact) mass is 419 g/mol. The standard InChI is InChI=1S/C23H21N3O3S/c1-3-28-22(27)21-20(25-23(30)24-16-8-5-4-6-9-16)17-14-15(19-10-7-13-29-19)11-12-18(17)26(21)2/h4-14H,3H2,1-2H3,(H2,24,25,30). The summed E-state index contributed by atoms with van der Waals surface area (Å²) in [7, 11) is 1.83. The molecule has 7 heteroatoms. The number of fused-ring (bicyclic) bond motifs is 1. The lowest BCUT2D eigenvalue weighted by atomic mass is 10.1. The first kappa shape index (κ1) is 19.7. The van der Waals surface area contributed by atoms with Crippen molar-refractivity contribution in [2.24, 2.45) is 7.05 Å². The van der Waals surface area contributed by atoms with E-state index in [0.717, 1.165) is 27.9 Å². The summed E-state index contributed by atoms with van der Waals surface area (Å²) in [6.45, 7) is 2.06. The smallest absolute Gasteiger partial charge is 0.357 e. The molecule has 2 aromatic carbocycles. The Balaban J connectivity index is 1.79. The van der Waals surface area contributed by atoms with E-state index in [9.17, 15) is 4.79 Å². The number of esters is 1. The van der Waals surface area contributed by atoms with Gasteiger partial charge in [-0.25, -0.2) is 4.79 Å². The minimum Gasteiger partial charge on any atom is -0.464 e. The molecular formula is C23H21N3O3S. The third kappa shape index (κ3) is 3.79. The zero-order valence-electron chi connectivity index (χ0n) is 16.6. The first-order valence-corrected chi connectivity index (χ1v) is 9.95. The van der Waals surface area contributed by atoms with Crippen LogP contribution in [-0.4, -0.2) is 22.3 Å². The van der Waals surface area contributed by atoms with Gasteiger partial charge in [-0.3, -0.25) is 0 Å². The predicted molar refractivity (Wildman–Crippen MR) is 123 cm³/mol. The average molecular weight is 420 g/mol. The maximum atomic E-state index is 12.7. The molecule has 0 aliphatic rings. The minimum atomic E-state index is -0.416. The lowest BCUT2D eigenvalue weighted by molar-refractivity contribution is 0.0517. The SMILES string of the molecule is CCOC(=O)c1c(NC(=S)Nc2ccccc2)c2cc(-c3ccco3)ccc2n1C. The van der Waals surface area contributed by atoms with Crippen LogP contribution in [0, 0.1) is 0 Å². The van der Waals surface area contributed by atoms with E-state index in [-0.39, 0.29) is 6.61 Å². The maximum absolute atomic E-state index is 12.7. The van der Waals surface area contributed by atoms with E-state index < -0.39 is 5.97 Å². The van der Waals surface area contributed by atoms with E-state index in [1.165, 1.54) is 0 Å². The normalized spacial score (nSPS) is 10.7. The van der Waals surface area contributed by atoms with Crippen molar-refractivity contribution in [1.82, 2.24) is 4.57 Å². The van der Waals surface area contributed by atoms with Crippen LogP contribution in [0.5, 0.6) is 0 Å². The number of nitrogens with zero attached hydrogens (tertiary/aromatic N) is 1.